The van der Waals surface area contributed by atoms with Crippen molar-refractivity contribution in [1.29, 1.82) is 5.26 Å². The summed E-state index contributed by atoms with van der Waals surface area (Å²) in [5.41, 5.74) is 1.68. The van der Waals surface area contributed by atoms with Gasteiger partial charge in [0.05, 0.1) is 23.9 Å². The first-order valence-electron chi connectivity index (χ1n) is 9.56. The number of carbonyl (C=O) groups is 1. The van der Waals surface area contributed by atoms with Crippen LogP contribution in [0.3, 0.4) is 0 Å². The van der Waals surface area contributed by atoms with Gasteiger partial charge >= 0.3 is 11.6 Å². The number of allylic oxidation sites excluding steroid dienone is 1. The lowest BCUT2D eigenvalue weighted by atomic mass is 10.1. The van der Waals surface area contributed by atoms with Gasteiger partial charge in [0.1, 0.15) is 16.7 Å². The summed E-state index contributed by atoms with van der Waals surface area (Å²) in [4.78, 5) is 28.2. The summed E-state index contributed by atoms with van der Waals surface area (Å²) in [7, 11) is 1.46. The second-order valence-electron chi connectivity index (χ2n) is 6.84. The molecule has 0 N–H and O–H groups in total. The molecule has 0 aliphatic heterocycles. The highest BCUT2D eigenvalue weighted by Crippen LogP contribution is 2.31. The van der Waals surface area contributed by atoms with E-state index in [0.29, 0.717) is 38.7 Å². The van der Waals surface area contributed by atoms with Gasteiger partial charge in [0.25, 0.3) is 0 Å². The molecule has 0 saturated heterocycles. The van der Waals surface area contributed by atoms with Gasteiger partial charge in [-0.3, -0.25) is 4.79 Å². The highest BCUT2D eigenvalue weighted by molar-refractivity contribution is 9.10. The molecule has 7 nitrogen and oxygen atoms in total. The second-order valence-corrected chi connectivity index (χ2v) is 8.62. The largest absolute Gasteiger partial charge is 0.493 e. The van der Waals surface area contributed by atoms with E-state index in [0.717, 1.165) is 9.86 Å². The van der Waals surface area contributed by atoms with Crippen LogP contribution in [-0.4, -0.2) is 18.1 Å². The van der Waals surface area contributed by atoms with Crippen LogP contribution in [0.5, 0.6) is 11.5 Å². The lowest BCUT2D eigenvalue weighted by Gasteiger charge is -2.08. The first kappa shape index (κ1) is 22.5. The van der Waals surface area contributed by atoms with Gasteiger partial charge in [-0.05, 0) is 48.0 Å². The quantitative estimate of drug-likeness (QED) is 0.144. The van der Waals surface area contributed by atoms with E-state index >= 15 is 0 Å². The Labute approximate surface area is 200 Å². The molecule has 0 amide bonds. The van der Waals surface area contributed by atoms with E-state index in [1.165, 1.54) is 25.4 Å². The number of ether oxygens (including phenoxy) is 2. The smallest absolute Gasteiger partial charge is 0.345 e. The van der Waals surface area contributed by atoms with E-state index in [9.17, 15) is 14.9 Å². The predicted octanol–water partition coefficient (Wildman–Crippen LogP) is 5.68. The summed E-state index contributed by atoms with van der Waals surface area (Å²) in [5.74, 6) is 0.179. The molecule has 0 spiro atoms. The molecule has 4 rings (SSSR count). The summed E-state index contributed by atoms with van der Waals surface area (Å²) in [6.07, 6.45) is 1.64. The fraction of sp³-hybridized carbons (Fsp3) is 0.0833. The van der Waals surface area contributed by atoms with E-state index in [4.69, 9.17) is 13.9 Å². The van der Waals surface area contributed by atoms with Crippen molar-refractivity contribution in [2.24, 2.45) is 0 Å². The highest BCUT2D eigenvalue weighted by Gasteiger charge is 2.15. The van der Waals surface area contributed by atoms with Gasteiger partial charge in [0.15, 0.2) is 11.5 Å². The maximum Gasteiger partial charge on any atom is 0.345 e. The third kappa shape index (κ3) is 4.87. The predicted molar refractivity (Wildman–Crippen MR) is 129 cm³/mol. The van der Waals surface area contributed by atoms with E-state index in [-0.39, 0.29) is 5.75 Å². The van der Waals surface area contributed by atoms with Crippen LogP contribution in [-0.2, 0) is 4.79 Å². The molecule has 0 fully saturated rings. The van der Waals surface area contributed by atoms with Crippen LogP contribution in [0.15, 0.2) is 61.5 Å². The van der Waals surface area contributed by atoms with Crippen molar-refractivity contribution < 1.29 is 18.7 Å². The molecule has 0 bridgehead atoms. The normalized spacial score (nSPS) is 11.3. The third-order valence-electron chi connectivity index (χ3n) is 4.58. The molecule has 0 aliphatic rings. The number of rotatable bonds is 5. The molecule has 0 saturated carbocycles. The highest BCUT2D eigenvalue weighted by atomic mass is 79.9. The molecule has 2 heterocycles. The van der Waals surface area contributed by atoms with Gasteiger partial charge in [-0.15, -0.1) is 11.3 Å². The van der Waals surface area contributed by atoms with Crippen LogP contribution in [0.1, 0.15) is 17.5 Å². The Hall–Kier alpha value is -3.74. The fourth-order valence-corrected chi connectivity index (χ4v) is 4.28. The summed E-state index contributed by atoms with van der Waals surface area (Å²) < 4.78 is 16.7. The van der Waals surface area contributed by atoms with Crippen LogP contribution in [0.2, 0.25) is 0 Å². The van der Waals surface area contributed by atoms with Crippen molar-refractivity contribution in [3.05, 3.63) is 73.3 Å². The van der Waals surface area contributed by atoms with Crippen LogP contribution in [0.25, 0.3) is 33.9 Å². The Morgan fingerprint density at radius 2 is 2.03 bits per heavy atom. The minimum absolute atomic E-state index is 0.284. The number of nitriles is 1. The minimum Gasteiger partial charge on any atom is -0.493 e. The number of esters is 1. The average Bonchev–Trinajstić information content (AvgIpc) is 3.27. The molecular weight excluding hydrogens is 508 g/mol. The number of aromatic nitrogens is 1. The first-order valence-corrected chi connectivity index (χ1v) is 11.2. The number of hydrogen-bond donors (Lipinski definition) is 0. The Morgan fingerprint density at radius 3 is 2.76 bits per heavy atom. The van der Waals surface area contributed by atoms with E-state index in [2.05, 4.69) is 27.0 Å². The lowest BCUT2D eigenvalue weighted by molar-refractivity contribution is -0.132. The second kappa shape index (κ2) is 9.40. The molecule has 0 atom stereocenters. The monoisotopic (exact) mass is 522 g/mol. The number of fused-ring (bicyclic) bond motifs is 1. The van der Waals surface area contributed by atoms with Crippen molar-refractivity contribution >= 4 is 55.9 Å². The van der Waals surface area contributed by atoms with Gasteiger partial charge in [-0.2, -0.15) is 5.26 Å². The zero-order chi connectivity index (χ0) is 23.5. The summed E-state index contributed by atoms with van der Waals surface area (Å²) in [5, 5.41) is 12.6. The number of benzene rings is 2. The van der Waals surface area contributed by atoms with E-state index < -0.39 is 11.6 Å². The van der Waals surface area contributed by atoms with E-state index in [1.807, 2.05) is 6.07 Å². The van der Waals surface area contributed by atoms with Crippen LogP contribution in [0, 0.1) is 11.3 Å². The van der Waals surface area contributed by atoms with Gasteiger partial charge < -0.3 is 13.9 Å². The molecule has 2 aromatic heterocycles. The topological polar surface area (TPSA) is 102 Å². The number of thiazole rings is 1. The lowest BCUT2D eigenvalue weighted by Crippen LogP contribution is -2.03. The zero-order valence-electron chi connectivity index (χ0n) is 17.4. The Balaban J connectivity index is 1.70. The molecule has 2 aromatic carbocycles. The van der Waals surface area contributed by atoms with Crippen LogP contribution in [0.4, 0.5) is 0 Å². The standard InChI is InChI=1S/C24H15BrN2O5S/c1-13(28)31-21-5-3-14(8-22(21)30-2)7-16(11-26)23-27-19(12-33-23)18-10-15-9-17(25)4-6-20(15)32-24(18)29/h3-10,12H,1-2H3/b16-7-. The molecule has 4 aromatic rings. The maximum absolute atomic E-state index is 12.5. The fourth-order valence-electron chi connectivity index (χ4n) is 3.12. The van der Waals surface area contributed by atoms with Crippen molar-refractivity contribution in [3.8, 4) is 28.8 Å². The number of nitrogens with zero attached hydrogens (tertiary/aromatic N) is 2. The number of halogens is 1. The Bertz CT molecular complexity index is 1510. The molecule has 0 radical (unpaired) electrons. The maximum atomic E-state index is 12.5. The Morgan fingerprint density at radius 1 is 1.21 bits per heavy atom. The van der Waals surface area contributed by atoms with E-state index in [1.54, 1.807) is 47.9 Å². The summed E-state index contributed by atoms with van der Waals surface area (Å²) in [6, 6.07) is 14.2. The van der Waals surface area contributed by atoms with Crippen LogP contribution < -0.4 is 15.1 Å². The number of carbonyl (C=O) groups excluding carboxylic acids is 1. The SMILES string of the molecule is COc1cc(/C=C(/C#N)c2nc(-c3cc4cc(Br)ccc4oc3=O)cs2)ccc1OC(C)=O. The molecule has 0 unspecified atom stereocenters. The van der Waals surface area contributed by atoms with Crippen molar-refractivity contribution in [2.75, 3.05) is 7.11 Å². The van der Waals surface area contributed by atoms with Crippen molar-refractivity contribution in [1.82, 2.24) is 4.98 Å². The van der Waals surface area contributed by atoms with Crippen molar-refractivity contribution in [3.63, 3.8) is 0 Å². The van der Waals surface area contributed by atoms with Gasteiger partial charge in [-0.1, -0.05) is 22.0 Å². The molecular formula is C24H15BrN2O5S. The van der Waals surface area contributed by atoms with Gasteiger partial charge in [0.2, 0.25) is 0 Å². The zero-order valence-corrected chi connectivity index (χ0v) is 19.8. The van der Waals surface area contributed by atoms with Crippen LogP contribution >= 0.6 is 27.3 Å². The molecule has 33 heavy (non-hydrogen) atoms. The first-order chi connectivity index (χ1) is 15.9. The molecule has 9 heteroatoms. The van der Waals surface area contributed by atoms with Gasteiger partial charge in [-0.25, -0.2) is 9.78 Å². The third-order valence-corrected chi connectivity index (χ3v) is 5.95. The average molecular weight is 523 g/mol. The minimum atomic E-state index is -0.505. The molecule has 0 aliphatic carbocycles. The van der Waals surface area contributed by atoms with Crippen molar-refractivity contribution in [2.45, 2.75) is 6.92 Å². The number of hydrogen-bond acceptors (Lipinski definition) is 8. The molecule has 164 valence electrons. The summed E-state index contributed by atoms with van der Waals surface area (Å²) in [6.45, 7) is 1.30. The Kier molecular flexibility index (Phi) is 6.40. The number of methoxy groups -OCH3 is 1. The summed E-state index contributed by atoms with van der Waals surface area (Å²) >= 11 is 4.65. The van der Waals surface area contributed by atoms with Gasteiger partial charge in [0, 0.05) is 22.2 Å².